The van der Waals surface area contributed by atoms with Gasteiger partial charge in [-0.2, -0.15) is 0 Å². The highest BCUT2D eigenvalue weighted by molar-refractivity contribution is 7.99. The molecule has 1 N–H and O–H groups in total. The van der Waals surface area contributed by atoms with Crippen molar-refractivity contribution in [1.82, 2.24) is 14.8 Å². The fourth-order valence-corrected chi connectivity index (χ4v) is 4.01. The first kappa shape index (κ1) is 17.1. The van der Waals surface area contributed by atoms with Crippen LogP contribution in [-0.4, -0.2) is 37.9 Å². The van der Waals surface area contributed by atoms with Crippen LogP contribution in [-0.2, 0) is 16.6 Å². The maximum atomic E-state index is 13.0. The van der Waals surface area contributed by atoms with E-state index in [-0.39, 0.29) is 17.6 Å². The van der Waals surface area contributed by atoms with E-state index in [0.29, 0.717) is 11.6 Å². The van der Waals surface area contributed by atoms with Gasteiger partial charge in [0.1, 0.15) is 11.4 Å². The number of hydrogen-bond donors (Lipinski definition) is 1. The number of aromatic nitrogens is 3. The van der Waals surface area contributed by atoms with Crippen LogP contribution in [0.25, 0.3) is 0 Å². The van der Waals surface area contributed by atoms with Crippen LogP contribution in [0.2, 0.25) is 0 Å². The second kappa shape index (κ2) is 6.12. The van der Waals surface area contributed by atoms with Crippen molar-refractivity contribution in [1.29, 1.82) is 0 Å². The third-order valence-corrected chi connectivity index (χ3v) is 5.90. The van der Waals surface area contributed by atoms with Crippen molar-refractivity contribution in [3.8, 4) is 0 Å². The molecule has 7 nitrogen and oxygen atoms in total. The molecule has 1 saturated carbocycles. The van der Waals surface area contributed by atoms with E-state index in [1.54, 1.807) is 24.8 Å². The topological polar surface area (TPSA) is 80.1 Å². The average molecular weight is 371 g/mol. The fourth-order valence-electron chi connectivity index (χ4n) is 3.24. The highest BCUT2D eigenvalue weighted by Gasteiger charge is 2.43. The van der Waals surface area contributed by atoms with Crippen molar-refractivity contribution in [2.75, 3.05) is 16.0 Å². The smallest absolute Gasteiger partial charge is 0.250 e. The van der Waals surface area contributed by atoms with Gasteiger partial charge < -0.3 is 9.88 Å². The molecule has 4 rings (SSSR count). The Balaban J connectivity index is 1.56. The van der Waals surface area contributed by atoms with Gasteiger partial charge in [0.25, 0.3) is 0 Å². The standard InChI is InChI=1S/C18H21N5O2S/c1-18(2)16(25)19-12-6-4-5-7-13(12)23(18)14(24)10-26-17-21-20-15(22(17)3)11-8-9-11/h4-7,11H,8-10H2,1-3H3,(H,19,25). The number of para-hydroxylation sites is 2. The molecule has 2 aromatic rings. The van der Waals surface area contributed by atoms with Crippen molar-refractivity contribution in [2.24, 2.45) is 7.05 Å². The average Bonchev–Trinajstić information content (AvgIpc) is 3.37. The molecule has 0 unspecified atom stereocenters. The normalized spacial score (nSPS) is 18.4. The predicted molar refractivity (Wildman–Crippen MR) is 100 cm³/mol. The number of nitrogens with zero attached hydrogens (tertiary/aromatic N) is 4. The van der Waals surface area contributed by atoms with Gasteiger partial charge in [0.2, 0.25) is 11.8 Å². The van der Waals surface area contributed by atoms with Crippen LogP contribution in [0.1, 0.15) is 38.4 Å². The number of carbonyl (C=O) groups excluding carboxylic acids is 2. The van der Waals surface area contributed by atoms with Crippen molar-refractivity contribution >= 4 is 35.0 Å². The summed E-state index contributed by atoms with van der Waals surface area (Å²) >= 11 is 1.36. The van der Waals surface area contributed by atoms with E-state index in [9.17, 15) is 9.59 Å². The summed E-state index contributed by atoms with van der Waals surface area (Å²) in [5.74, 6) is 1.38. The summed E-state index contributed by atoms with van der Waals surface area (Å²) in [6, 6.07) is 7.37. The Labute approximate surface area is 156 Å². The van der Waals surface area contributed by atoms with Crippen molar-refractivity contribution < 1.29 is 9.59 Å². The van der Waals surface area contributed by atoms with E-state index in [1.807, 2.05) is 29.8 Å². The number of fused-ring (bicyclic) bond motifs is 1. The maximum Gasteiger partial charge on any atom is 0.250 e. The van der Waals surface area contributed by atoms with Crippen LogP contribution < -0.4 is 10.2 Å². The largest absolute Gasteiger partial charge is 0.322 e. The quantitative estimate of drug-likeness (QED) is 0.836. The minimum absolute atomic E-state index is 0.127. The van der Waals surface area contributed by atoms with Crippen LogP contribution in [0.15, 0.2) is 29.4 Å². The van der Waals surface area contributed by atoms with Gasteiger partial charge in [-0.15, -0.1) is 10.2 Å². The third-order valence-electron chi connectivity index (χ3n) is 4.89. The van der Waals surface area contributed by atoms with E-state index >= 15 is 0 Å². The number of thioether (sulfide) groups is 1. The van der Waals surface area contributed by atoms with Gasteiger partial charge in [-0.1, -0.05) is 23.9 Å². The van der Waals surface area contributed by atoms with Gasteiger partial charge in [0, 0.05) is 13.0 Å². The number of hydrogen-bond acceptors (Lipinski definition) is 5. The van der Waals surface area contributed by atoms with Crippen LogP contribution in [0.3, 0.4) is 0 Å². The van der Waals surface area contributed by atoms with Crippen molar-refractivity contribution in [3.05, 3.63) is 30.1 Å². The lowest BCUT2D eigenvalue weighted by molar-refractivity contribution is -0.125. The maximum absolute atomic E-state index is 13.0. The van der Waals surface area contributed by atoms with Crippen molar-refractivity contribution in [3.63, 3.8) is 0 Å². The van der Waals surface area contributed by atoms with Gasteiger partial charge in [0.15, 0.2) is 5.16 Å². The zero-order valence-electron chi connectivity index (χ0n) is 15.0. The first-order valence-electron chi connectivity index (χ1n) is 8.65. The number of rotatable bonds is 4. The minimum Gasteiger partial charge on any atom is -0.322 e. The summed E-state index contributed by atoms with van der Waals surface area (Å²) in [4.78, 5) is 27.1. The monoisotopic (exact) mass is 371 g/mol. The Hall–Kier alpha value is -2.35. The Morgan fingerprint density at radius 2 is 2.04 bits per heavy atom. The molecule has 0 radical (unpaired) electrons. The molecule has 1 aromatic carbocycles. The Bertz CT molecular complexity index is 887. The Morgan fingerprint density at radius 3 is 2.77 bits per heavy atom. The van der Waals surface area contributed by atoms with Gasteiger partial charge in [-0.3, -0.25) is 14.5 Å². The van der Waals surface area contributed by atoms with Gasteiger partial charge in [-0.05, 0) is 38.8 Å². The summed E-state index contributed by atoms with van der Waals surface area (Å²) in [5, 5.41) is 12.1. The Kier molecular flexibility index (Phi) is 4.02. The first-order valence-corrected chi connectivity index (χ1v) is 9.64. The molecule has 2 heterocycles. The fraction of sp³-hybridized carbons (Fsp3) is 0.444. The minimum atomic E-state index is -0.953. The molecule has 26 heavy (non-hydrogen) atoms. The van der Waals surface area contributed by atoms with Gasteiger partial charge in [-0.25, -0.2) is 0 Å². The van der Waals surface area contributed by atoms with Crippen LogP contribution in [0.4, 0.5) is 11.4 Å². The number of carbonyl (C=O) groups is 2. The molecule has 0 bridgehead atoms. The second-order valence-electron chi connectivity index (χ2n) is 7.22. The summed E-state index contributed by atoms with van der Waals surface area (Å²) in [5.41, 5.74) is 0.426. The molecule has 1 fully saturated rings. The summed E-state index contributed by atoms with van der Waals surface area (Å²) in [7, 11) is 1.94. The van der Waals surface area contributed by atoms with E-state index in [2.05, 4.69) is 15.5 Å². The van der Waals surface area contributed by atoms with Crippen molar-refractivity contribution in [2.45, 2.75) is 43.3 Å². The van der Waals surface area contributed by atoms with E-state index < -0.39 is 5.54 Å². The summed E-state index contributed by atoms with van der Waals surface area (Å²) in [6.07, 6.45) is 2.31. The van der Waals surface area contributed by atoms with Crippen LogP contribution >= 0.6 is 11.8 Å². The lowest BCUT2D eigenvalue weighted by Gasteiger charge is -2.42. The lowest BCUT2D eigenvalue weighted by atomic mass is 9.96. The SMILES string of the molecule is Cn1c(SCC(=O)N2c3ccccc3NC(=O)C2(C)C)nnc1C1CC1. The molecule has 2 amide bonds. The molecule has 0 spiro atoms. The van der Waals surface area contributed by atoms with E-state index in [4.69, 9.17) is 0 Å². The molecule has 1 aliphatic heterocycles. The highest BCUT2D eigenvalue weighted by Crippen LogP contribution is 2.40. The zero-order chi connectivity index (χ0) is 18.5. The number of benzene rings is 1. The van der Waals surface area contributed by atoms with Crippen LogP contribution in [0, 0.1) is 0 Å². The number of amides is 2. The molecule has 8 heteroatoms. The second-order valence-corrected chi connectivity index (χ2v) is 8.16. The highest BCUT2D eigenvalue weighted by atomic mass is 32.2. The van der Waals surface area contributed by atoms with E-state index in [1.165, 1.54) is 11.8 Å². The predicted octanol–water partition coefficient (Wildman–Crippen LogP) is 2.55. The number of anilines is 2. The lowest BCUT2D eigenvalue weighted by Crippen LogP contribution is -2.59. The summed E-state index contributed by atoms with van der Waals surface area (Å²) in [6.45, 7) is 3.52. The molecule has 2 aliphatic rings. The van der Waals surface area contributed by atoms with Crippen LogP contribution in [0.5, 0.6) is 0 Å². The summed E-state index contributed by atoms with van der Waals surface area (Å²) < 4.78 is 1.97. The molecule has 1 aliphatic carbocycles. The Morgan fingerprint density at radius 1 is 1.31 bits per heavy atom. The molecule has 136 valence electrons. The van der Waals surface area contributed by atoms with E-state index in [0.717, 1.165) is 29.5 Å². The van der Waals surface area contributed by atoms with Gasteiger partial charge in [0.05, 0.1) is 17.1 Å². The molecule has 0 atom stereocenters. The first-order chi connectivity index (χ1) is 12.4. The molecular formula is C18H21N5O2S. The number of nitrogens with one attached hydrogen (secondary N) is 1. The molecule has 0 saturated heterocycles. The third kappa shape index (κ3) is 2.78. The van der Waals surface area contributed by atoms with Gasteiger partial charge >= 0.3 is 0 Å². The molecule has 1 aromatic heterocycles. The molecular weight excluding hydrogens is 350 g/mol. The zero-order valence-corrected chi connectivity index (χ0v) is 15.8.